The zero-order valence-electron chi connectivity index (χ0n) is 8.41. The highest BCUT2D eigenvalue weighted by molar-refractivity contribution is 5.17. The first-order valence-corrected chi connectivity index (χ1v) is 5.57. The maximum Gasteiger partial charge on any atom is 0.0955 e. The van der Waals surface area contributed by atoms with Gasteiger partial charge >= 0.3 is 0 Å². The Hall–Kier alpha value is -0.830. The maximum absolute atomic E-state index is 5.42. The van der Waals surface area contributed by atoms with Crippen molar-refractivity contribution < 1.29 is 4.74 Å². The van der Waals surface area contributed by atoms with Crippen LogP contribution in [0.2, 0.25) is 0 Å². The van der Waals surface area contributed by atoms with E-state index in [1.54, 1.807) is 0 Å². The van der Waals surface area contributed by atoms with Gasteiger partial charge in [0.1, 0.15) is 0 Å². The lowest BCUT2D eigenvalue weighted by Gasteiger charge is -2.17. The van der Waals surface area contributed by atoms with Crippen molar-refractivity contribution in [2.75, 3.05) is 13.2 Å². The van der Waals surface area contributed by atoms with Crippen molar-refractivity contribution in [1.29, 1.82) is 0 Å². The Kier molecular flexibility index (Phi) is 2.05. The molecule has 0 N–H and O–H groups in total. The van der Waals surface area contributed by atoms with Gasteiger partial charge in [-0.2, -0.15) is 0 Å². The van der Waals surface area contributed by atoms with E-state index in [9.17, 15) is 0 Å². The van der Waals surface area contributed by atoms with Crippen LogP contribution in [-0.2, 0) is 17.6 Å². The van der Waals surface area contributed by atoms with Gasteiger partial charge in [-0.1, -0.05) is 0 Å². The predicted molar refractivity (Wildman–Crippen MR) is 53.3 cm³/mol. The van der Waals surface area contributed by atoms with Gasteiger partial charge in [-0.15, -0.1) is 0 Å². The fourth-order valence-corrected chi connectivity index (χ4v) is 2.55. The molecule has 1 unspecified atom stereocenters. The van der Waals surface area contributed by atoms with Crippen LogP contribution in [0.5, 0.6) is 0 Å². The second kappa shape index (κ2) is 3.39. The summed E-state index contributed by atoms with van der Waals surface area (Å²) in [4.78, 5) is 4.51. The molecule has 1 aliphatic carbocycles. The lowest BCUT2D eigenvalue weighted by molar-refractivity contribution is 0.186. The summed E-state index contributed by atoms with van der Waals surface area (Å²) in [6.07, 6.45) is 8.21. The second-order valence-electron chi connectivity index (χ2n) is 4.27. The molecule has 3 nitrogen and oxygen atoms in total. The zero-order chi connectivity index (χ0) is 9.38. The molecule has 2 aliphatic rings. The summed E-state index contributed by atoms with van der Waals surface area (Å²) in [6.45, 7) is 1.79. The van der Waals surface area contributed by atoms with Gasteiger partial charge in [0.15, 0.2) is 0 Å². The summed E-state index contributed by atoms with van der Waals surface area (Å²) in [5.41, 5.74) is 2.81. The third-order valence-corrected chi connectivity index (χ3v) is 3.36. The largest absolute Gasteiger partial charge is 0.379 e. The zero-order valence-corrected chi connectivity index (χ0v) is 8.41. The van der Waals surface area contributed by atoms with Crippen molar-refractivity contribution in [3.05, 3.63) is 17.7 Å². The minimum Gasteiger partial charge on any atom is -0.379 e. The Balaban J connectivity index is 1.93. The highest BCUT2D eigenvalue weighted by atomic mass is 16.5. The highest BCUT2D eigenvalue weighted by Crippen LogP contribution is 2.26. The first-order chi connectivity index (χ1) is 6.95. The van der Waals surface area contributed by atoms with E-state index in [-0.39, 0.29) is 0 Å². The molecule has 14 heavy (non-hydrogen) atoms. The van der Waals surface area contributed by atoms with Gasteiger partial charge in [-0.25, -0.2) is 4.98 Å². The van der Waals surface area contributed by atoms with Crippen LogP contribution in [0.25, 0.3) is 0 Å². The van der Waals surface area contributed by atoms with Crippen LogP contribution in [0, 0.1) is 0 Å². The van der Waals surface area contributed by atoms with E-state index in [1.807, 2.05) is 6.33 Å². The molecule has 1 saturated heterocycles. The van der Waals surface area contributed by atoms with E-state index >= 15 is 0 Å². The topological polar surface area (TPSA) is 27.1 Å². The molecule has 0 amide bonds. The summed E-state index contributed by atoms with van der Waals surface area (Å²) in [6, 6.07) is 0.560. The van der Waals surface area contributed by atoms with E-state index in [4.69, 9.17) is 4.74 Å². The van der Waals surface area contributed by atoms with Crippen LogP contribution in [-0.4, -0.2) is 22.8 Å². The van der Waals surface area contributed by atoms with Crippen molar-refractivity contribution in [1.82, 2.24) is 9.55 Å². The molecular weight excluding hydrogens is 176 g/mol. The minimum atomic E-state index is 0.560. The number of nitrogens with zero attached hydrogens (tertiary/aromatic N) is 2. The number of rotatable bonds is 1. The summed E-state index contributed by atoms with van der Waals surface area (Å²) in [5.74, 6) is 0. The average Bonchev–Trinajstić information content (AvgIpc) is 2.85. The number of ether oxygens (including phenoxy) is 1. The van der Waals surface area contributed by atoms with Gasteiger partial charge in [0.25, 0.3) is 0 Å². The number of fused-ring (bicyclic) bond motifs is 1. The van der Waals surface area contributed by atoms with Crippen LogP contribution >= 0.6 is 0 Å². The van der Waals surface area contributed by atoms with Gasteiger partial charge in [0.2, 0.25) is 0 Å². The van der Waals surface area contributed by atoms with Crippen LogP contribution in [0.15, 0.2) is 6.33 Å². The third kappa shape index (κ3) is 1.27. The predicted octanol–water partition coefficient (Wildman–Crippen LogP) is 1.72. The monoisotopic (exact) mass is 192 g/mol. The van der Waals surface area contributed by atoms with Gasteiger partial charge in [0.05, 0.1) is 24.7 Å². The van der Waals surface area contributed by atoms with E-state index in [0.29, 0.717) is 6.04 Å². The lowest BCUT2D eigenvalue weighted by Crippen LogP contribution is -2.13. The molecule has 0 aromatic carbocycles. The molecular formula is C11H16N2O. The van der Waals surface area contributed by atoms with Crippen molar-refractivity contribution in [3.8, 4) is 0 Å². The molecule has 1 fully saturated rings. The van der Waals surface area contributed by atoms with Crippen LogP contribution in [0.1, 0.15) is 36.7 Å². The van der Waals surface area contributed by atoms with Crippen LogP contribution in [0.3, 0.4) is 0 Å². The number of hydrogen-bond donors (Lipinski definition) is 0. The first-order valence-electron chi connectivity index (χ1n) is 5.57. The minimum absolute atomic E-state index is 0.560. The quantitative estimate of drug-likeness (QED) is 0.677. The van der Waals surface area contributed by atoms with Crippen molar-refractivity contribution in [2.24, 2.45) is 0 Å². The van der Waals surface area contributed by atoms with E-state index in [0.717, 1.165) is 19.6 Å². The second-order valence-corrected chi connectivity index (χ2v) is 4.27. The van der Waals surface area contributed by atoms with Gasteiger partial charge in [0, 0.05) is 12.3 Å². The van der Waals surface area contributed by atoms with Crippen molar-refractivity contribution in [2.45, 2.75) is 38.1 Å². The Labute approximate surface area is 84.1 Å². The molecule has 0 saturated carbocycles. The van der Waals surface area contributed by atoms with Gasteiger partial charge in [-0.05, 0) is 32.1 Å². The molecule has 1 atom stereocenters. The molecule has 3 heteroatoms. The lowest BCUT2D eigenvalue weighted by atomic mass is 10.0. The fourth-order valence-electron chi connectivity index (χ4n) is 2.55. The molecule has 0 radical (unpaired) electrons. The van der Waals surface area contributed by atoms with Crippen molar-refractivity contribution in [3.63, 3.8) is 0 Å². The summed E-state index contributed by atoms with van der Waals surface area (Å²) >= 11 is 0. The molecule has 2 heterocycles. The number of hydrogen-bond acceptors (Lipinski definition) is 2. The SMILES string of the molecule is c1nc2c(n1C1CCOC1)CCCC2. The van der Waals surface area contributed by atoms with E-state index in [1.165, 1.54) is 37.1 Å². The highest BCUT2D eigenvalue weighted by Gasteiger charge is 2.23. The number of aryl methyl sites for hydroxylation is 1. The first kappa shape index (κ1) is 8.48. The molecule has 1 aromatic heterocycles. The van der Waals surface area contributed by atoms with Gasteiger partial charge in [-0.3, -0.25) is 0 Å². The van der Waals surface area contributed by atoms with Gasteiger partial charge < -0.3 is 9.30 Å². The normalized spacial score (nSPS) is 26.4. The Bertz CT molecular complexity index is 326. The molecule has 1 aromatic rings. The van der Waals surface area contributed by atoms with E-state index < -0.39 is 0 Å². The van der Waals surface area contributed by atoms with Crippen molar-refractivity contribution >= 4 is 0 Å². The Morgan fingerprint density at radius 2 is 2.29 bits per heavy atom. The fraction of sp³-hybridized carbons (Fsp3) is 0.727. The summed E-state index contributed by atoms with van der Waals surface area (Å²) in [7, 11) is 0. The molecule has 0 bridgehead atoms. The average molecular weight is 192 g/mol. The number of aromatic nitrogens is 2. The molecule has 76 valence electrons. The Morgan fingerprint density at radius 1 is 1.36 bits per heavy atom. The standard InChI is InChI=1S/C11H16N2O/c1-2-4-11-10(3-1)12-8-13(11)9-5-6-14-7-9/h8-9H,1-7H2. The number of imidazole rings is 1. The summed E-state index contributed by atoms with van der Waals surface area (Å²) in [5, 5.41) is 0. The maximum atomic E-state index is 5.42. The molecule has 3 rings (SSSR count). The molecule has 0 spiro atoms. The third-order valence-electron chi connectivity index (χ3n) is 3.36. The van der Waals surface area contributed by atoms with Crippen LogP contribution < -0.4 is 0 Å². The van der Waals surface area contributed by atoms with E-state index in [2.05, 4.69) is 9.55 Å². The molecule has 1 aliphatic heterocycles. The smallest absolute Gasteiger partial charge is 0.0955 e. The van der Waals surface area contributed by atoms with Crippen LogP contribution in [0.4, 0.5) is 0 Å². The Morgan fingerprint density at radius 3 is 3.14 bits per heavy atom. The summed E-state index contributed by atoms with van der Waals surface area (Å²) < 4.78 is 7.79.